The second-order valence-electron chi connectivity index (χ2n) is 6.58. The third-order valence-corrected chi connectivity index (χ3v) is 4.41. The number of aryl methyl sites for hydroxylation is 1. The summed E-state index contributed by atoms with van der Waals surface area (Å²) >= 11 is 0. The van der Waals surface area contributed by atoms with Crippen molar-refractivity contribution in [2.24, 2.45) is 0 Å². The van der Waals surface area contributed by atoms with Crippen molar-refractivity contribution in [2.45, 2.75) is 19.4 Å². The van der Waals surface area contributed by atoms with Crippen molar-refractivity contribution in [3.05, 3.63) is 66.0 Å². The maximum absolute atomic E-state index is 12.1. The number of hydrogen-bond acceptors (Lipinski definition) is 5. The second-order valence-corrected chi connectivity index (χ2v) is 6.58. The molecule has 0 radical (unpaired) electrons. The molecular weight excluding hydrogens is 358 g/mol. The minimum Gasteiger partial charge on any atom is -0.484 e. The van der Waals surface area contributed by atoms with Gasteiger partial charge in [0.1, 0.15) is 12.1 Å². The smallest absolute Gasteiger partial charge is 0.262 e. The highest BCUT2D eigenvalue weighted by atomic mass is 16.5. The Labute approximate surface area is 161 Å². The van der Waals surface area contributed by atoms with Gasteiger partial charge in [0.15, 0.2) is 6.61 Å². The van der Waals surface area contributed by atoms with Crippen molar-refractivity contribution < 1.29 is 14.3 Å². The molecule has 0 aliphatic carbocycles. The molecule has 0 saturated heterocycles. The number of carbonyl (C=O) groups is 2. The first-order chi connectivity index (χ1) is 13.6. The number of anilines is 2. The number of aromatic nitrogens is 3. The number of carbonyl (C=O) groups excluding carboxylic acids is 2. The van der Waals surface area contributed by atoms with Gasteiger partial charge in [-0.3, -0.25) is 14.9 Å². The topological polar surface area (TPSA) is 98.1 Å². The summed E-state index contributed by atoms with van der Waals surface area (Å²) in [5, 5.41) is 9.69. The lowest BCUT2D eigenvalue weighted by atomic mass is 10.0. The Hall–Kier alpha value is -3.68. The average Bonchev–Trinajstić information content (AvgIpc) is 3.14. The van der Waals surface area contributed by atoms with Crippen LogP contribution < -0.4 is 15.4 Å². The van der Waals surface area contributed by atoms with Crippen LogP contribution in [0.4, 0.5) is 11.6 Å². The maximum atomic E-state index is 12.1. The van der Waals surface area contributed by atoms with Crippen LogP contribution in [0.25, 0.3) is 0 Å². The fraction of sp³-hybridized carbons (Fsp3) is 0.200. The molecule has 2 aromatic carbocycles. The Bertz CT molecular complexity index is 1030. The van der Waals surface area contributed by atoms with E-state index in [1.807, 2.05) is 49.4 Å². The zero-order chi connectivity index (χ0) is 19.5. The van der Waals surface area contributed by atoms with E-state index in [0.717, 1.165) is 16.8 Å². The minimum absolute atomic E-state index is 0.114. The molecule has 2 amide bonds. The normalized spacial score (nSPS) is 15.5. The van der Waals surface area contributed by atoms with E-state index in [1.54, 1.807) is 10.7 Å². The van der Waals surface area contributed by atoms with Gasteiger partial charge in [0.05, 0.1) is 12.5 Å². The van der Waals surface area contributed by atoms with Gasteiger partial charge >= 0.3 is 0 Å². The Morgan fingerprint density at radius 3 is 3.00 bits per heavy atom. The van der Waals surface area contributed by atoms with Crippen molar-refractivity contribution in [2.75, 3.05) is 17.2 Å². The van der Waals surface area contributed by atoms with E-state index in [2.05, 4.69) is 20.7 Å². The van der Waals surface area contributed by atoms with E-state index in [9.17, 15) is 9.59 Å². The summed E-state index contributed by atoms with van der Waals surface area (Å²) in [7, 11) is 0. The van der Waals surface area contributed by atoms with Gasteiger partial charge in [0.25, 0.3) is 5.91 Å². The van der Waals surface area contributed by atoms with Gasteiger partial charge in [-0.15, -0.1) is 0 Å². The lowest BCUT2D eigenvalue weighted by Gasteiger charge is -2.24. The molecule has 0 fully saturated rings. The number of hydrogen-bond donors (Lipinski definition) is 2. The maximum Gasteiger partial charge on any atom is 0.262 e. The number of rotatable bonds is 5. The lowest BCUT2D eigenvalue weighted by molar-refractivity contribution is -0.118. The SMILES string of the molecule is Cc1cccc(NC(=O)COc2cccc([C@@H]3CC(=O)Nc4ncnn43)c2)c1. The predicted octanol–water partition coefficient (Wildman–Crippen LogP) is 2.54. The van der Waals surface area contributed by atoms with Gasteiger partial charge in [-0.25, -0.2) is 4.68 Å². The summed E-state index contributed by atoms with van der Waals surface area (Å²) in [5.41, 5.74) is 2.66. The highest BCUT2D eigenvalue weighted by molar-refractivity contribution is 5.92. The van der Waals surface area contributed by atoms with E-state index in [1.165, 1.54) is 6.33 Å². The first-order valence-corrected chi connectivity index (χ1v) is 8.87. The lowest BCUT2D eigenvalue weighted by Crippen LogP contribution is -2.29. The quantitative estimate of drug-likeness (QED) is 0.712. The monoisotopic (exact) mass is 377 g/mol. The number of nitrogens with one attached hydrogen (secondary N) is 2. The Morgan fingerprint density at radius 1 is 1.29 bits per heavy atom. The molecule has 4 rings (SSSR count). The Kier molecular flexibility index (Phi) is 4.76. The van der Waals surface area contributed by atoms with Gasteiger partial charge in [-0.05, 0) is 42.3 Å². The molecule has 1 aliphatic heterocycles. The molecule has 2 N–H and O–H groups in total. The Balaban J connectivity index is 1.43. The van der Waals surface area contributed by atoms with E-state index < -0.39 is 0 Å². The van der Waals surface area contributed by atoms with Crippen LogP contribution in [0.5, 0.6) is 5.75 Å². The van der Waals surface area contributed by atoms with E-state index >= 15 is 0 Å². The molecule has 3 aromatic rings. The van der Waals surface area contributed by atoms with E-state index in [-0.39, 0.29) is 30.9 Å². The molecule has 1 aromatic heterocycles. The minimum atomic E-state index is -0.268. The van der Waals surface area contributed by atoms with Gasteiger partial charge < -0.3 is 10.1 Å². The zero-order valence-electron chi connectivity index (χ0n) is 15.3. The fourth-order valence-corrected chi connectivity index (χ4v) is 3.14. The first kappa shape index (κ1) is 17.7. The molecular formula is C20H19N5O3. The van der Waals surface area contributed by atoms with Crippen LogP contribution in [-0.4, -0.2) is 33.2 Å². The van der Waals surface area contributed by atoms with Crippen LogP contribution in [0.15, 0.2) is 54.9 Å². The number of amides is 2. The number of nitrogens with zero attached hydrogens (tertiary/aromatic N) is 3. The third-order valence-electron chi connectivity index (χ3n) is 4.41. The molecule has 0 unspecified atom stereocenters. The van der Waals surface area contributed by atoms with Crippen LogP contribution >= 0.6 is 0 Å². The molecule has 2 heterocycles. The van der Waals surface area contributed by atoms with Crippen LogP contribution in [0.1, 0.15) is 23.6 Å². The fourth-order valence-electron chi connectivity index (χ4n) is 3.14. The number of benzene rings is 2. The molecule has 0 bridgehead atoms. The number of ether oxygens (including phenoxy) is 1. The van der Waals surface area contributed by atoms with Gasteiger partial charge in [0.2, 0.25) is 11.9 Å². The number of fused-ring (bicyclic) bond motifs is 1. The van der Waals surface area contributed by atoms with Crippen molar-refractivity contribution in [1.82, 2.24) is 14.8 Å². The molecule has 8 nitrogen and oxygen atoms in total. The molecule has 0 saturated carbocycles. The zero-order valence-corrected chi connectivity index (χ0v) is 15.3. The molecule has 1 atom stereocenters. The molecule has 142 valence electrons. The molecule has 0 spiro atoms. The standard InChI is InChI=1S/C20H19N5O3/c1-13-4-2-6-15(8-13)23-19(27)11-28-16-7-3-5-14(9-16)17-10-18(26)24-20-21-12-22-25(17)20/h2-9,12,17H,10-11H2,1H3,(H,23,27)(H,21,22,24,26)/t17-/m0/s1. The Morgan fingerprint density at radius 2 is 2.14 bits per heavy atom. The van der Waals surface area contributed by atoms with E-state index in [0.29, 0.717) is 11.7 Å². The summed E-state index contributed by atoms with van der Waals surface area (Å²) in [5.74, 6) is 0.607. The summed E-state index contributed by atoms with van der Waals surface area (Å²) in [4.78, 5) is 28.1. The molecule has 28 heavy (non-hydrogen) atoms. The van der Waals surface area contributed by atoms with Crippen LogP contribution in [0.2, 0.25) is 0 Å². The van der Waals surface area contributed by atoms with Crippen LogP contribution in [0, 0.1) is 6.92 Å². The predicted molar refractivity (Wildman–Crippen MR) is 103 cm³/mol. The second kappa shape index (κ2) is 7.51. The van der Waals surface area contributed by atoms with Crippen molar-refractivity contribution >= 4 is 23.5 Å². The van der Waals surface area contributed by atoms with Crippen molar-refractivity contribution in [3.8, 4) is 5.75 Å². The molecule has 1 aliphatic rings. The summed E-state index contributed by atoms with van der Waals surface area (Å²) in [6, 6.07) is 14.6. The highest BCUT2D eigenvalue weighted by Gasteiger charge is 2.27. The van der Waals surface area contributed by atoms with Crippen LogP contribution in [-0.2, 0) is 9.59 Å². The van der Waals surface area contributed by atoms with Crippen molar-refractivity contribution in [3.63, 3.8) is 0 Å². The molecule has 8 heteroatoms. The third kappa shape index (κ3) is 3.85. The van der Waals surface area contributed by atoms with Gasteiger partial charge in [-0.1, -0.05) is 24.3 Å². The average molecular weight is 377 g/mol. The largest absolute Gasteiger partial charge is 0.484 e. The van der Waals surface area contributed by atoms with Gasteiger partial charge in [0, 0.05) is 5.69 Å². The first-order valence-electron chi connectivity index (χ1n) is 8.87. The van der Waals surface area contributed by atoms with Crippen molar-refractivity contribution in [1.29, 1.82) is 0 Å². The van der Waals surface area contributed by atoms with E-state index in [4.69, 9.17) is 4.74 Å². The van der Waals surface area contributed by atoms with Gasteiger partial charge in [-0.2, -0.15) is 10.1 Å². The summed E-state index contributed by atoms with van der Waals surface area (Å²) in [6.45, 7) is 1.85. The highest BCUT2D eigenvalue weighted by Crippen LogP contribution is 2.30. The van der Waals surface area contributed by atoms with Crippen LogP contribution in [0.3, 0.4) is 0 Å². The summed E-state index contributed by atoms with van der Waals surface area (Å²) in [6.07, 6.45) is 1.66. The summed E-state index contributed by atoms with van der Waals surface area (Å²) < 4.78 is 7.31.